The number of halogens is 2. The van der Waals surface area contributed by atoms with Crippen molar-refractivity contribution < 1.29 is 42.2 Å². The van der Waals surface area contributed by atoms with Crippen LogP contribution in [0, 0.1) is 5.92 Å². The van der Waals surface area contributed by atoms with Gasteiger partial charge in [0.2, 0.25) is 11.8 Å². The van der Waals surface area contributed by atoms with Crippen molar-refractivity contribution in [3.05, 3.63) is 29.7 Å². The van der Waals surface area contributed by atoms with Crippen molar-refractivity contribution in [2.75, 3.05) is 19.7 Å². The first kappa shape index (κ1) is 25.4. The van der Waals surface area contributed by atoms with E-state index in [0.29, 0.717) is 30.9 Å². The van der Waals surface area contributed by atoms with Crippen LogP contribution in [-0.2, 0) is 16.1 Å². The molecule has 0 spiro atoms. The number of alkyl halides is 2. The third-order valence-electron chi connectivity index (χ3n) is 5.89. The van der Waals surface area contributed by atoms with Gasteiger partial charge in [0.25, 0.3) is 5.91 Å². The van der Waals surface area contributed by atoms with Gasteiger partial charge in [0.05, 0.1) is 13.2 Å². The number of carboxylic acids is 1. The van der Waals surface area contributed by atoms with Gasteiger partial charge in [-0.15, -0.1) is 0 Å². The molecule has 1 saturated heterocycles. The lowest BCUT2D eigenvalue weighted by molar-refractivity contribution is -0.138. The molecule has 1 aliphatic heterocycles. The molecule has 2 aromatic rings. The fourth-order valence-electron chi connectivity index (χ4n) is 3.92. The highest BCUT2D eigenvalue weighted by atomic mass is 19.3. The number of carbonyl (C=O) groups excluding carboxylic acids is 2. The van der Waals surface area contributed by atoms with E-state index in [4.69, 9.17) is 20.0 Å². The molecule has 2 aliphatic rings. The molecule has 2 amide bonds. The predicted molar refractivity (Wildman–Crippen MR) is 119 cm³/mol. The fourth-order valence-corrected chi connectivity index (χ4v) is 3.92. The van der Waals surface area contributed by atoms with Crippen molar-refractivity contribution in [1.29, 1.82) is 0 Å². The van der Waals surface area contributed by atoms with Crippen molar-refractivity contribution >= 4 is 17.8 Å². The zero-order valence-electron chi connectivity index (χ0n) is 19.2. The second-order valence-electron chi connectivity index (χ2n) is 8.56. The average Bonchev–Trinajstić information content (AvgIpc) is 3.37. The molecule has 0 bridgehead atoms. The van der Waals surface area contributed by atoms with Crippen LogP contribution in [0.15, 0.2) is 22.6 Å². The van der Waals surface area contributed by atoms with E-state index in [1.165, 1.54) is 23.1 Å². The molecule has 0 radical (unpaired) electrons. The summed E-state index contributed by atoms with van der Waals surface area (Å²) in [7, 11) is 0. The summed E-state index contributed by atoms with van der Waals surface area (Å²) in [5.41, 5.74) is 6.04. The lowest BCUT2D eigenvalue weighted by atomic mass is 10.2. The molecule has 1 saturated carbocycles. The average molecular weight is 508 g/mol. The molecule has 1 unspecified atom stereocenters. The number of nitrogens with two attached hydrogens (primary N) is 1. The van der Waals surface area contributed by atoms with Gasteiger partial charge in [0.1, 0.15) is 12.6 Å². The summed E-state index contributed by atoms with van der Waals surface area (Å²) >= 11 is 0. The van der Waals surface area contributed by atoms with Gasteiger partial charge in [0.15, 0.2) is 23.0 Å². The van der Waals surface area contributed by atoms with Crippen LogP contribution < -0.4 is 20.5 Å². The number of hydrogen-bond donors (Lipinski definition) is 3. The van der Waals surface area contributed by atoms with Crippen molar-refractivity contribution in [2.45, 2.75) is 44.9 Å². The Morgan fingerprint density at radius 3 is 2.69 bits per heavy atom. The van der Waals surface area contributed by atoms with Crippen LogP contribution in [0.5, 0.6) is 11.5 Å². The topological polar surface area (TPSA) is 157 Å². The number of ether oxygens (including phenoxy) is 2. The standard InChI is InChI=1S/C23H26F2N4O7/c24-23(25)36-15-6-5-13(8-16(15)34-11-12-3-4-12)21-28-19(17(9-26)35-21)22(33)29-7-1-2-14(29)20(32)27-10-18(30)31/h5-6,8,12,14,23H,1-4,7,9-11,26H2,(H,27,32)(H,30,31). The third-order valence-corrected chi connectivity index (χ3v) is 5.89. The Kier molecular flexibility index (Phi) is 7.67. The zero-order valence-corrected chi connectivity index (χ0v) is 19.2. The number of amides is 2. The van der Waals surface area contributed by atoms with Gasteiger partial charge >= 0.3 is 12.6 Å². The number of benzene rings is 1. The van der Waals surface area contributed by atoms with Crippen LogP contribution in [0.2, 0.25) is 0 Å². The number of rotatable bonds is 11. The molecular formula is C23H26F2N4O7. The normalized spacial score (nSPS) is 17.3. The smallest absolute Gasteiger partial charge is 0.387 e. The van der Waals surface area contributed by atoms with Crippen LogP contribution in [0.4, 0.5) is 8.78 Å². The Morgan fingerprint density at radius 1 is 1.25 bits per heavy atom. The molecule has 1 aliphatic carbocycles. The summed E-state index contributed by atoms with van der Waals surface area (Å²) in [6, 6.07) is 3.34. The minimum absolute atomic E-state index is 0.0183. The molecule has 36 heavy (non-hydrogen) atoms. The summed E-state index contributed by atoms with van der Waals surface area (Å²) in [4.78, 5) is 42.1. The van der Waals surface area contributed by atoms with E-state index < -0.39 is 37.0 Å². The number of carbonyl (C=O) groups is 3. The quantitative estimate of drug-likeness (QED) is 0.413. The Balaban J connectivity index is 1.57. The van der Waals surface area contributed by atoms with Crippen LogP contribution in [0.3, 0.4) is 0 Å². The largest absolute Gasteiger partial charge is 0.489 e. The fraction of sp³-hybridized carbons (Fsp3) is 0.478. The van der Waals surface area contributed by atoms with Gasteiger partial charge in [-0.25, -0.2) is 4.98 Å². The molecular weight excluding hydrogens is 482 g/mol. The number of carboxylic acid groups (broad SMARTS) is 1. The maximum atomic E-state index is 13.3. The highest BCUT2D eigenvalue weighted by Gasteiger charge is 2.37. The van der Waals surface area contributed by atoms with E-state index in [-0.39, 0.29) is 41.9 Å². The molecule has 11 nitrogen and oxygen atoms in total. The third kappa shape index (κ3) is 5.90. The SMILES string of the molecule is NCc1oc(-c2ccc(OC(F)F)c(OCC3CC3)c2)nc1C(=O)N1CCCC1C(=O)NCC(=O)O. The van der Waals surface area contributed by atoms with Gasteiger partial charge in [-0.3, -0.25) is 14.4 Å². The summed E-state index contributed by atoms with van der Waals surface area (Å²) in [5.74, 6) is -1.93. The van der Waals surface area contributed by atoms with E-state index >= 15 is 0 Å². The van der Waals surface area contributed by atoms with Crippen LogP contribution in [0.25, 0.3) is 11.5 Å². The summed E-state index contributed by atoms with van der Waals surface area (Å²) in [5, 5.41) is 11.1. The van der Waals surface area contributed by atoms with Crippen LogP contribution in [-0.4, -0.2) is 65.1 Å². The minimum Gasteiger partial charge on any atom is -0.489 e. The second-order valence-corrected chi connectivity index (χ2v) is 8.56. The molecule has 1 aromatic heterocycles. The Morgan fingerprint density at radius 2 is 2.03 bits per heavy atom. The Hall–Kier alpha value is -3.74. The molecule has 1 aromatic carbocycles. The highest BCUT2D eigenvalue weighted by Crippen LogP contribution is 2.37. The second kappa shape index (κ2) is 10.9. The maximum Gasteiger partial charge on any atom is 0.387 e. The Labute approximate surface area is 204 Å². The van der Waals surface area contributed by atoms with Crippen molar-refractivity contribution in [3.63, 3.8) is 0 Å². The Bertz CT molecular complexity index is 1140. The van der Waals surface area contributed by atoms with Gasteiger partial charge in [0, 0.05) is 12.1 Å². The van der Waals surface area contributed by atoms with Crippen LogP contribution >= 0.6 is 0 Å². The first-order valence-electron chi connectivity index (χ1n) is 11.5. The summed E-state index contributed by atoms with van der Waals surface area (Å²) in [6.45, 7) is -3.12. The molecule has 194 valence electrons. The number of nitrogens with one attached hydrogen (secondary N) is 1. The van der Waals surface area contributed by atoms with Gasteiger partial charge in [-0.2, -0.15) is 8.78 Å². The molecule has 13 heteroatoms. The monoisotopic (exact) mass is 508 g/mol. The van der Waals surface area contributed by atoms with Crippen molar-refractivity contribution in [1.82, 2.24) is 15.2 Å². The van der Waals surface area contributed by atoms with E-state index in [1.54, 1.807) is 0 Å². The first-order valence-corrected chi connectivity index (χ1v) is 11.5. The number of aromatic nitrogens is 1. The molecule has 2 fully saturated rings. The van der Waals surface area contributed by atoms with Crippen LogP contribution in [0.1, 0.15) is 41.9 Å². The minimum atomic E-state index is -3.03. The molecule has 4 N–H and O–H groups in total. The summed E-state index contributed by atoms with van der Waals surface area (Å²) in [6.07, 6.45) is 2.92. The maximum absolute atomic E-state index is 13.3. The van der Waals surface area contributed by atoms with Crippen molar-refractivity contribution in [3.8, 4) is 23.0 Å². The molecule has 4 rings (SSSR count). The lowest BCUT2D eigenvalue weighted by Crippen LogP contribution is -2.47. The predicted octanol–water partition coefficient (Wildman–Crippen LogP) is 2.00. The molecule has 2 heterocycles. The van der Waals surface area contributed by atoms with E-state index in [2.05, 4.69) is 15.0 Å². The van der Waals surface area contributed by atoms with E-state index in [0.717, 1.165) is 12.8 Å². The highest BCUT2D eigenvalue weighted by molar-refractivity contribution is 5.98. The van der Waals surface area contributed by atoms with Crippen molar-refractivity contribution in [2.24, 2.45) is 11.7 Å². The number of oxazole rings is 1. The number of aliphatic carboxylic acids is 1. The van der Waals surface area contributed by atoms with Gasteiger partial charge < -0.3 is 34.9 Å². The first-order chi connectivity index (χ1) is 17.3. The number of likely N-dealkylation sites (tertiary alicyclic amines) is 1. The van der Waals surface area contributed by atoms with Gasteiger partial charge in [-0.05, 0) is 49.8 Å². The van der Waals surface area contributed by atoms with Gasteiger partial charge in [-0.1, -0.05) is 0 Å². The lowest BCUT2D eigenvalue weighted by Gasteiger charge is -2.23. The number of nitrogens with zero attached hydrogens (tertiary/aromatic N) is 2. The summed E-state index contributed by atoms with van der Waals surface area (Å²) < 4.78 is 41.6. The number of hydrogen-bond acceptors (Lipinski definition) is 8. The van der Waals surface area contributed by atoms with E-state index in [1.807, 2.05) is 0 Å². The zero-order chi connectivity index (χ0) is 25.8. The van der Waals surface area contributed by atoms with E-state index in [9.17, 15) is 23.2 Å². The molecule has 1 atom stereocenters.